The summed E-state index contributed by atoms with van der Waals surface area (Å²) in [5.74, 6) is 2.73. The van der Waals surface area contributed by atoms with E-state index in [4.69, 9.17) is 16.0 Å². The Hall–Kier alpha value is -1.52. The number of aryl methyl sites for hydroxylation is 1. The first-order chi connectivity index (χ1) is 9.95. The molecule has 2 aromatic heterocycles. The van der Waals surface area contributed by atoms with Crippen LogP contribution in [0.15, 0.2) is 28.8 Å². The van der Waals surface area contributed by atoms with Crippen LogP contribution in [0.2, 0.25) is 5.02 Å². The van der Waals surface area contributed by atoms with Gasteiger partial charge in [-0.15, -0.1) is 0 Å². The first kappa shape index (κ1) is 15.9. The third kappa shape index (κ3) is 4.48. The first-order valence-corrected chi connectivity index (χ1v) is 7.47. The molecule has 2 heterocycles. The van der Waals surface area contributed by atoms with Gasteiger partial charge in [0.2, 0.25) is 0 Å². The van der Waals surface area contributed by atoms with Crippen LogP contribution in [0.1, 0.15) is 30.9 Å². The van der Waals surface area contributed by atoms with Crippen molar-refractivity contribution in [3.8, 4) is 0 Å². The van der Waals surface area contributed by atoms with Gasteiger partial charge in [-0.05, 0) is 30.7 Å². The lowest BCUT2D eigenvalue weighted by molar-refractivity contribution is 0.481. The van der Waals surface area contributed by atoms with Crippen LogP contribution in [0.3, 0.4) is 0 Å². The summed E-state index contributed by atoms with van der Waals surface area (Å²) in [5.41, 5.74) is 1.05. The van der Waals surface area contributed by atoms with Gasteiger partial charge < -0.3 is 14.6 Å². The minimum absolute atomic E-state index is 0.418. The highest BCUT2D eigenvalue weighted by Crippen LogP contribution is 2.21. The van der Waals surface area contributed by atoms with Crippen LogP contribution in [0.4, 0.5) is 5.82 Å². The highest BCUT2D eigenvalue weighted by Gasteiger charge is 2.10. The summed E-state index contributed by atoms with van der Waals surface area (Å²) in [5, 5.41) is 4.06. The minimum atomic E-state index is 0.418. The van der Waals surface area contributed by atoms with Gasteiger partial charge in [0.15, 0.2) is 0 Å². The van der Waals surface area contributed by atoms with Crippen LogP contribution < -0.4 is 10.2 Å². The molecule has 21 heavy (non-hydrogen) atoms. The summed E-state index contributed by atoms with van der Waals surface area (Å²) in [7, 11) is 1.99. The van der Waals surface area contributed by atoms with Gasteiger partial charge in [-0.1, -0.05) is 25.4 Å². The van der Waals surface area contributed by atoms with Crippen molar-refractivity contribution in [2.45, 2.75) is 39.9 Å². The summed E-state index contributed by atoms with van der Waals surface area (Å²) < 4.78 is 5.60. The Balaban J connectivity index is 2.09. The second-order valence-electron chi connectivity index (χ2n) is 5.54. The second kappa shape index (κ2) is 6.96. The topological polar surface area (TPSA) is 41.3 Å². The zero-order valence-electron chi connectivity index (χ0n) is 13.0. The Bertz CT molecular complexity index is 595. The SMILES string of the molecule is Cc1ccc(CN(C)c2cc(CNC(C)C)c(Cl)cn2)o1. The molecule has 114 valence electrons. The maximum absolute atomic E-state index is 6.21. The lowest BCUT2D eigenvalue weighted by Gasteiger charge is -2.18. The third-order valence-electron chi connectivity index (χ3n) is 3.20. The zero-order valence-corrected chi connectivity index (χ0v) is 13.7. The van der Waals surface area contributed by atoms with Crippen LogP contribution in [0, 0.1) is 6.92 Å². The van der Waals surface area contributed by atoms with Gasteiger partial charge >= 0.3 is 0 Å². The summed E-state index contributed by atoms with van der Waals surface area (Å²) in [6.45, 7) is 7.59. The number of furan rings is 1. The van der Waals surface area contributed by atoms with Crippen molar-refractivity contribution in [3.05, 3.63) is 46.5 Å². The number of pyridine rings is 1. The van der Waals surface area contributed by atoms with Crippen molar-refractivity contribution in [1.29, 1.82) is 0 Å². The van der Waals surface area contributed by atoms with Crippen LogP contribution in [0.25, 0.3) is 0 Å². The summed E-state index contributed by atoms with van der Waals surface area (Å²) in [4.78, 5) is 6.44. The van der Waals surface area contributed by atoms with Crippen LogP contribution in [0.5, 0.6) is 0 Å². The Labute approximate surface area is 131 Å². The fourth-order valence-electron chi connectivity index (χ4n) is 2.01. The van der Waals surface area contributed by atoms with Gasteiger partial charge in [0, 0.05) is 25.8 Å². The molecule has 0 radical (unpaired) electrons. The van der Waals surface area contributed by atoms with Crippen molar-refractivity contribution in [3.63, 3.8) is 0 Å². The molecule has 2 rings (SSSR count). The number of nitrogens with one attached hydrogen (secondary N) is 1. The fraction of sp³-hybridized carbons (Fsp3) is 0.438. The Kier molecular flexibility index (Phi) is 5.26. The molecule has 0 fully saturated rings. The monoisotopic (exact) mass is 307 g/mol. The molecule has 2 aromatic rings. The molecule has 0 amide bonds. The number of rotatable bonds is 6. The van der Waals surface area contributed by atoms with Gasteiger partial charge in [-0.25, -0.2) is 4.98 Å². The van der Waals surface area contributed by atoms with E-state index < -0.39 is 0 Å². The molecule has 0 unspecified atom stereocenters. The molecule has 0 aliphatic carbocycles. The van der Waals surface area contributed by atoms with E-state index >= 15 is 0 Å². The molecule has 0 aliphatic rings. The predicted molar refractivity (Wildman–Crippen MR) is 86.8 cm³/mol. The Morgan fingerprint density at radius 1 is 1.38 bits per heavy atom. The minimum Gasteiger partial charge on any atom is -0.464 e. The summed E-state index contributed by atoms with van der Waals surface area (Å²) in [6.07, 6.45) is 1.71. The van der Waals surface area contributed by atoms with E-state index in [0.717, 1.165) is 29.4 Å². The van der Waals surface area contributed by atoms with E-state index in [1.54, 1.807) is 6.20 Å². The number of hydrogen-bond donors (Lipinski definition) is 1. The molecule has 0 saturated carbocycles. The molecule has 0 aromatic carbocycles. The van der Waals surface area contributed by atoms with E-state index in [2.05, 4.69) is 24.1 Å². The molecule has 1 N–H and O–H groups in total. The molecule has 0 atom stereocenters. The second-order valence-corrected chi connectivity index (χ2v) is 5.95. The van der Waals surface area contributed by atoms with Gasteiger partial charge in [0.1, 0.15) is 17.3 Å². The van der Waals surface area contributed by atoms with Crippen LogP contribution in [-0.2, 0) is 13.1 Å². The van der Waals surface area contributed by atoms with E-state index in [1.165, 1.54) is 0 Å². The fourth-order valence-corrected chi connectivity index (χ4v) is 2.18. The number of aromatic nitrogens is 1. The molecule has 0 spiro atoms. The number of anilines is 1. The van der Waals surface area contributed by atoms with Gasteiger partial charge in [0.05, 0.1) is 11.6 Å². The van der Waals surface area contributed by atoms with E-state index in [1.807, 2.05) is 37.1 Å². The smallest absolute Gasteiger partial charge is 0.129 e. The highest BCUT2D eigenvalue weighted by molar-refractivity contribution is 6.31. The molecule has 4 nitrogen and oxygen atoms in total. The highest BCUT2D eigenvalue weighted by atomic mass is 35.5. The van der Waals surface area contributed by atoms with E-state index in [9.17, 15) is 0 Å². The quantitative estimate of drug-likeness (QED) is 0.882. The largest absolute Gasteiger partial charge is 0.464 e. The van der Waals surface area contributed by atoms with Gasteiger partial charge in [-0.2, -0.15) is 0 Å². The van der Waals surface area contributed by atoms with Crippen molar-refractivity contribution < 1.29 is 4.42 Å². The van der Waals surface area contributed by atoms with Gasteiger partial charge in [-0.3, -0.25) is 0 Å². The predicted octanol–water partition coefficient (Wildman–Crippen LogP) is 3.77. The molecule has 0 bridgehead atoms. The molecule has 0 aliphatic heterocycles. The van der Waals surface area contributed by atoms with Crippen LogP contribution in [-0.4, -0.2) is 18.1 Å². The van der Waals surface area contributed by atoms with Crippen molar-refractivity contribution in [2.24, 2.45) is 0 Å². The lowest BCUT2D eigenvalue weighted by atomic mass is 10.2. The van der Waals surface area contributed by atoms with Crippen molar-refractivity contribution in [1.82, 2.24) is 10.3 Å². The van der Waals surface area contributed by atoms with Crippen molar-refractivity contribution >= 4 is 17.4 Å². The first-order valence-electron chi connectivity index (χ1n) is 7.10. The van der Waals surface area contributed by atoms with E-state index in [-0.39, 0.29) is 0 Å². The summed E-state index contributed by atoms with van der Waals surface area (Å²) in [6, 6.07) is 6.40. The zero-order chi connectivity index (χ0) is 15.4. The number of nitrogens with zero attached hydrogens (tertiary/aromatic N) is 2. The van der Waals surface area contributed by atoms with E-state index in [0.29, 0.717) is 17.6 Å². The normalized spacial score (nSPS) is 11.1. The Morgan fingerprint density at radius 3 is 2.76 bits per heavy atom. The average Bonchev–Trinajstić information content (AvgIpc) is 2.83. The molecular formula is C16H22ClN3O. The van der Waals surface area contributed by atoms with Gasteiger partial charge in [0.25, 0.3) is 0 Å². The summed E-state index contributed by atoms with van der Waals surface area (Å²) >= 11 is 6.21. The lowest BCUT2D eigenvalue weighted by Crippen LogP contribution is -2.23. The maximum atomic E-state index is 6.21. The molecule has 5 heteroatoms. The number of halogens is 1. The Morgan fingerprint density at radius 2 is 2.14 bits per heavy atom. The molecular weight excluding hydrogens is 286 g/mol. The average molecular weight is 308 g/mol. The molecule has 0 saturated heterocycles. The maximum Gasteiger partial charge on any atom is 0.129 e. The third-order valence-corrected chi connectivity index (χ3v) is 3.54. The number of hydrogen-bond acceptors (Lipinski definition) is 4. The van der Waals surface area contributed by atoms with Crippen LogP contribution >= 0.6 is 11.6 Å². The standard InChI is InChI=1S/C16H22ClN3O/c1-11(2)18-8-13-7-16(19-9-15(13)17)20(4)10-14-6-5-12(3)21-14/h5-7,9,11,18H,8,10H2,1-4H3. The van der Waals surface area contributed by atoms with Crippen molar-refractivity contribution in [2.75, 3.05) is 11.9 Å².